The van der Waals surface area contributed by atoms with E-state index in [1.54, 1.807) is 0 Å². The molecular formula is C14H24N2. The second-order valence-electron chi connectivity index (χ2n) is 4.83. The van der Waals surface area contributed by atoms with E-state index < -0.39 is 0 Å². The predicted octanol–water partition coefficient (Wildman–Crippen LogP) is 3.14. The first kappa shape index (κ1) is 13.0. The van der Waals surface area contributed by atoms with Crippen LogP contribution >= 0.6 is 0 Å². The minimum absolute atomic E-state index is 0.781. The van der Waals surface area contributed by atoms with Gasteiger partial charge in [0.15, 0.2) is 0 Å². The molecule has 0 aliphatic rings. The van der Waals surface area contributed by atoms with Crippen LogP contribution in [-0.2, 0) is 6.54 Å². The van der Waals surface area contributed by atoms with Gasteiger partial charge in [0.05, 0.1) is 0 Å². The molecule has 2 nitrogen and oxygen atoms in total. The summed E-state index contributed by atoms with van der Waals surface area (Å²) >= 11 is 0. The molecule has 16 heavy (non-hydrogen) atoms. The average molecular weight is 220 g/mol. The van der Waals surface area contributed by atoms with E-state index in [0.29, 0.717) is 0 Å². The Morgan fingerprint density at radius 2 is 1.88 bits per heavy atom. The lowest BCUT2D eigenvalue weighted by Gasteiger charge is -2.21. The fraction of sp³-hybridized carbons (Fsp3) is 0.571. The van der Waals surface area contributed by atoms with Gasteiger partial charge in [0.2, 0.25) is 0 Å². The fourth-order valence-electron chi connectivity index (χ4n) is 2.12. The Balaban J connectivity index is 2.39. The maximum atomic E-state index is 5.66. The molecule has 0 amide bonds. The molecular weight excluding hydrogens is 196 g/mol. The molecule has 1 aromatic carbocycles. The third kappa shape index (κ3) is 4.67. The number of hydrogen-bond acceptors (Lipinski definition) is 2. The molecule has 2 heteroatoms. The van der Waals surface area contributed by atoms with Gasteiger partial charge >= 0.3 is 0 Å². The number of anilines is 1. The number of hydrogen-bond donors (Lipinski definition) is 1. The van der Waals surface area contributed by atoms with Crippen molar-refractivity contribution in [3.63, 3.8) is 0 Å². The highest BCUT2D eigenvalue weighted by molar-refractivity contribution is 5.39. The summed E-state index contributed by atoms with van der Waals surface area (Å²) in [6.07, 6.45) is 2.59. The van der Waals surface area contributed by atoms with Gasteiger partial charge in [-0.25, -0.2) is 0 Å². The summed E-state index contributed by atoms with van der Waals surface area (Å²) in [5.41, 5.74) is 7.84. The van der Waals surface area contributed by atoms with Crippen LogP contribution in [0.25, 0.3) is 0 Å². The van der Waals surface area contributed by atoms with Crippen molar-refractivity contribution in [2.24, 2.45) is 5.92 Å². The molecule has 1 rings (SSSR count). The summed E-state index contributed by atoms with van der Waals surface area (Å²) < 4.78 is 0. The van der Waals surface area contributed by atoms with Gasteiger partial charge in [-0.15, -0.1) is 0 Å². The Hall–Kier alpha value is -1.02. The van der Waals surface area contributed by atoms with Crippen molar-refractivity contribution >= 4 is 5.69 Å². The van der Waals surface area contributed by atoms with Crippen LogP contribution in [0.15, 0.2) is 24.3 Å². The molecule has 90 valence electrons. The fourth-order valence-corrected chi connectivity index (χ4v) is 2.12. The zero-order chi connectivity index (χ0) is 12.0. The number of benzene rings is 1. The molecule has 0 aliphatic heterocycles. The SMILES string of the molecule is CCCC(C)CN(C)Cc1ccc(N)cc1. The topological polar surface area (TPSA) is 29.3 Å². The summed E-state index contributed by atoms with van der Waals surface area (Å²) in [5, 5.41) is 0. The molecule has 1 atom stereocenters. The number of nitrogen functional groups attached to an aromatic ring is 1. The molecule has 0 saturated heterocycles. The second-order valence-corrected chi connectivity index (χ2v) is 4.83. The minimum Gasteiger partial charge on any atom is -0.399 e. The summed E-state index contributed by atoms with van der Waals surface area (Å²) in [4.78, 5) is 2.38. The normalized spacial score (nSPS) is 13.0. The van der Waals surface area contributed by atoms with E-state index >= 15 is 0 Å². The minimum atomic E-state index is 0.781. The van der Waals surface area contributed by atoms with Crippen molar-refractivity contribution in [2.45, 2.75) is 33.2 Å². The monoisotopic (exact) mass is 220 g/mol. The zero-order valence-corrected chi connectivity index (χ0v) is 10.7. The van der Waals surface area contributed by atoms with Crippen molar-refractivity contribution in [3.05, 3.63) is 29.8 Å². The molecule has 0 radical (unpaired) electrons. The predicted molar refractivity (Wildman–Crippen MR) is 71.3 cm³/mol. The van der Waals surface area contributed by atoms with Gasteiger partial charge in [0.25, 0.3) is 0 Å². The molecule has 0 saturated carbocycles. The zero-order valence-electron chi connectivity index (χ0n) is 10.7. The first-order valence-electron chi connectivity index (χ1n) is 6.14. The van der Waals surface area contributed by atoms with Crippen LogP contribution in [0.2, 0.25) is 0 Å². The average Bonchev–Trinajstić information content (AvgIpc) is 2.21. The van der Waals surface area contributed by atoms with Gasteiger partial charge in [-0.1, -0.05) is 32.4 Å². The van der Waals surface area contributed by atoms with Crippen LogP contribution in [-0.4, -0.2) is 18.5 Å². The highest BCUT2D eigenvalue weighted by atomic mass is 15.1. The van der Waals surface area contributed by atoms with E-state index in [-0.39, 0.29) is 0 Å². The maximum Gasteiger partial charge on any atom is 0.0314 e. The summed E-state index contributed by atoms with van der Waals surface area (Å²) in [7, 11) is 2.18. The Kier molecular flexibility index (Phi) is 5.33. The third-order valence-corrected chi connectivity index (χ3v) is 2.84. The molecule has 1 unspecified atom stereocenters. The van der Waals surface area contributed by atoms with Crippen molar-refractivity contribution in [2.75, 3.05) is 19.3 Å². The van der Waals surface area contributed by atoms with Crippen molar-refractivity contribution in [1.29, 1.82) is 0 Å². The van der Waals surface area contributed by atoms with Crippen LogP contribution < -0.4 is 5.73 Å². The molecule has 1 aromatic rings. The highest BCUT2D eigenvalue weighted by Crippen LogP contribution is 2.11. The van der Waals surface area contributed by atoms with E-state index in [9.17, 15) is 0 Å². The van der Waals surface area contributed by atoms with E-state index in [1.165, 1.54) is 18.4 Å². The van der Waals surface area contributed by atoms with Gasteiger partial charge in [0.1, 0.15) is 0 Å². The van der Waals surface area contributed by atoms with E-state index in [1.807, 2.05) is 12.1 Å². The Labute approximate surface area is 99.5 Å². The van der Waals surface area contributed by atoms with Crippen molar-refractivity contribution in [3.8, 4) is 0 Å². The number of nitrogens with two attached hydrogens (primary N) is 1. The number of nitrogens with zero attached hydrogens (tertiary/aromatic N) is 1. The Bertz CT molecular complexity index is 292. The van der Waals surface area contributed by atoms with Crippen molar-refractivity contribution < 1.29 is 0 Å². The Morgan fingerprint density at radius 3 is 2.44 bits per heavy atom. The van der Waals surface area contributed by atoms with Crippen LogP contribution in [0.4, 0.5) is 5.69 Å². The molecule has 0 aliphatic carbocycles. The van der Waals surface area contributed by atoms with Crippen LogP contribution in [0.1, 0.15) is 32.3 Å². The molecule has 0 heterocycles. The molecule has 0 fully saturated rings. The van der Waals surface area contributed by atoms with Gasteiger partial charge in [-0.2, -0.15) is 0 Å². The van der Waals surface area contributed by atoms with Crippen LogP contribution in [0, 0.1) is 5.92 Å². The van der Waals surface area contributed by atoms with Gasteiger partial charge in [-0.05, 0) is 37.1 Å². The molecule has 2 N–H and O–H groups in total. The lowest BCUT2D eigenvalue weighted by Crippen LogP contribution is -2.23. The first-order chi connectivity index (χ1) is 7.61. The summed E-state index contributed by atoms with van der Waals surface area (Å²) in [5.74, 6) is 0.781. The first-order valence-corrected chi connectivity index (χ1v) is 6.14. The number of rotatable bonds is 6. The largest absolute Gasteiger partial charge is 0.399 e. The van der Waals surface area contributed by atoms with Gasteiger partial charge in [-0.3, -0.25) is 0 Å². The quantitative estimate of drug-likeness (QED) is 0.746. The lowest BCUT2D eigenvalue weighted by molar-refractivity contribution is 0.270. The maximum absolute atomic E-state index is 5.66. The third-order valence-electron chi connectivity index (χ3n) is 2.84. The highest BCUT2D eigenvalue weighted by Gasteiger charge is 2.05. The lowest BCUT2D eigenvalue weighted by atomic mass is 10.1. The van der Waals surface area contributed by atoms with E-state index in [0.717, 1.165) is 24.7 Å². The van der Waals surface area contributed by atoms with E-state index in [4.69, 9.17) is 5.73 Å². The molecule has 0 bridgehead atoms. The Morgan fingerprint density at radius 1 is 1.25 bits per heavy atom. The summed E-state index contributed by atoms with van der Waals surface area (Å²) in [6.45, 7) is 6.74. The van der Waals surface area contributed by atoms with Crippen LogP contribution in [0.3, 0.4) is 0 Å². The van der Waals surface area contributed by atoms with Crippen LogP contribution in [0.5, 0.6) is 0 Å². The second kappa shape index (κ2) is 6.54. The van der Waals surface area contributed by atoms with Gasteiger partial charge in [0, 0.05) is 18.8 Å². The standard InChI is InChI=1S/C14H24N2/c1-4-5-12(2)10-16(3)11-13-6-8-14(15)9-7-13/h6-9,12H,4-5,10-11,15H2,1-3H3. The van der Waals surface area contributed by atoms with E-state index in [2.05, 4.69) is 37.9 Å². The smallest absolute Gasteiger partial charge is 0.0314 e. The summed E-state index contributed by atoms with van der Waals surface area (Å²) in [6, 6.07) is 8.16. The van der Waals surface area contributed by atoms with Crippen molar-refractivity contribution in [1.82, 2.24) is 4.90 Å². The molecule has 0 spiro atoms. The molecule has 0 aromatic heterocycles. The van der Waals surface area contributed by atoms with Gasteiger partial charge < -0.3 is 10.6 Å².